The molecule has 4 rings (SSSR count). The van der Waals surface area contributed by atoms with Gasteiger partial charge in [0.05, 0.1) is 12.1 Å². The second kappa shape index (κ2) is 6.73. The largest absolute Gasteiger partial charge is 0.392 e. The first-order chi connectivity index (χ1) is 12.7. The zero-order valence-electron chi connectivity index (χ0n) is 14.7. The number of hydrogen-bond donors (Lipinski definition) is 2. The molecule has 3 N–H and O–H groups in total. The topological polar surface area (TPSA) is 72.0 Å². The predicted octanol–water partition coefficient (Wildman–Crippen LogP) is 3.95. The molecule has 2 heterocycles. The van der Waals surface area contributed by atoms with Crippen LogP contribution >= 0.6 is 0 Å². The van der Waals surface area contributed by atoms with Crippen molar-refractivity contribution < 1.29 is 5.11 Å². The normalized spacial score (nSPS) is 11.3. The van der Waals surface area contributed by atoms with Crippen LogP contribution in [-0.4, -0.2) is 15.1 Å². The average molecular weight is 343 g/mol. The number of nitrogens with zero attached hydrogens (tertiary/aromatic N) is 2. The lowest BCUT2D eigenvalue weighted by Crippen LogP contribution is -2.00. The van der Waals surface area contributed by atoms with Crippen molar-refractivity contribution in [3.8, 4) is 0 Å². The summed E-state index contributed by atoms with van der Waals surface area (Å²) in [6.45, 7) is 2.12. The second-order valence-corrected chi connectivity index (χ2v) is 6.69. The van der Waals surface area contributed by atoms with Gasteiger partial charge in [0.1, 0.15) is 5.52 Å². The number of aliphatic hydroxyl groups excluding tert-OH is 1. The van der Waals surface area contributed by atoms with Crippen molar-refractivity contribution in [3.63, 3.8) is 0 Å². The minimum Gasteiger partial charge on any atom is -0.392 e. The molecule has 0 bridgehead atoms. The van der Waals surface area contributed by atoms with Gasteiger partial charge in [0, 0.05) is 17.0 Å². The number of nitrogen functional groups attached to an aromatic ring is 1. The van der Waals surface area contributed by atoms with Gasteiger partial charge >= 0.3 is 0 Å². The summed E-state index contributed by atoms with van der Waals surface area (Å²) in [4.78, 5) is 9.01. The molecule has 0 saturated carbocycles. The van der Waals surface area contributed by atoms with Crippen LogP contribution in [0.1, 0.15) is 22.3 Å². The van der Waals surface area contributed by atoms with Gasteiger partial charge in [-0.25, -0.2) is 4.98 Å². The van der Waals surface area contributed by atoms with Crippen molar-refractivity contribution in [2.24, 2.45) is 0 Å². The molecule has 0 unspecified atom stereocenters. The molecule has 0 radical (unpaired) electrons. The highest BCUT2D eigenvalue weighted by Gasteiger charge is 2.12. The third-order valence-electron chi connectivity index (χ3n) is 4.80. The van der Waals surface area contributed by atoms with E-state index < -0.39 is 0 Å². The Morgan fingerprint density at radius 1 is 1.00 bits per heavy atom. The minimum atomic E-state index is 0.0677. The molecule has 0 aliphatic carbocycles. The molecule has 130 valence electrons. The first-order valence-corrected chi connectivity index (χ1v) is 8.78. The SMILES string of the molecule is Cc1ccc2c(c1)nc(N)c1nccc(CCc3cccc(CO)c3)c12. The minimum absolute atomic E-state index is 0.0677. The Morgan fingerprint density at radius 3 is 2.69 bits per heavy atom. The molecular formula is C22H21N3O. The highest BCUT2D eigenvalue weighted by molar-refractivity contribution is 6.09. The van der Waals surface area contributed by atoms with Crippen molar-refractivity contribution in [1.29, 1.82) is 0 Å². The summed E-state index contributed by atoms with van der Waals surface area (Å²) >= 11 is 0. The molecule has 0 atom stereocenters. The van der Waals surface area contributed by atoms with Crippen molar-refractivity contribution in [3.05, 3.63) is 77.0 Å². The molecular weight excluding hydrogens is 322 g/mol. The summed E-state index contributed by atoms with van der Waals surface area (Å²) in [7, 11) is 0. The molecule has 0 spiro atoms. The third kappa shape index (κ3) is 3.00. The molecule has 2 aromatic heterocycles. The molecule has 0 saturated heterocycles. The van der Waals surface area contributed by atoms with Gasteiger partial charge in [0.15, 0.2) is 5.82 Å². The highest BCUT2D eigenvalue weighted by Crippen LogP contribution is 2.30. The second-order valence-electron chi connectivity index (χ2n) is 6.69. The van der Waals surface area contributed by atoms with Gasteiger partial charge in [-0.1, -0.05) is 36.4 Å². The average Bonchev–Trinajstić information content (AvgIpc) is 2.66. The molecule has 0 fully saturated rings. The molecule has 4 heteroatoms. The molecule has 0 aliphatic rings. The number of nitrogens with two attached hydrogens (primary N) is 1. The van der Waals surface area contributed by atoms with E-state index in [1.807, 2.05) is 12.1 Å². The lowest BCUT2D eigenvalue weighted by atomic mass is 9.97. The van der Waals surface area contributed by atoms with E-state index >= 15 is 0 Å². The van der Waals surface area contributed by atoms with E-state index in [4.69, 9.17) is 5.73 Å². The van der Waals surface area contributed by atoms with Gasteiger partial charge in [0.25, 0.3) is 0 Å². The number of hydrogen-bond acceptors (Lipinski definition) is 4. The van der Waals surface area contributed by atoms with Crippen LogP contribution in [0.3, 0.4) is 0 Å². The Bertz CT molecular complexity index is 1110. The number of aromatic nitrogens is 2. The maximum atomic E-state index is 9.33. The van der Waals surface area contributed by atoms with Crippen LogP contribution in [0.2, 0.25) is 0 Å². The molecule has 2 aromatic carbocycles. The van der Waals surface area contributed by atoms with Crippen LogP contribution < -0.4 is 5.73 Å². The lowest BCUT2D eigenvalue weighted by Gasteiger charge is -2.11. The van der Waals surface area contributed by atoms with Gasteiger partial charge in [-0.15, -0.1) is 0 Å². The van der Waals surface area contributed by atoms with Crippen LogP contribution in [0.25, 0.3) is 21.8 Å². The maximum Gasteiger partial charge on any atom is 0.150 e. The Morgan fingerprint density at radius 2 is 1.85 bits per heavy atom. The van der Waals surface area contributed by atoms with Crippen molar-refractivity contribution in [2.75, 3.05) is 5.73 Å². The standard InChI is InChI=1S/C22H21N3O/c1-14-5-8-18-19(11-14)25-22(23)21-20(18)17(9-10-24-21)7-6-15-3-2-4-16(12-15)13-26/h2-5,8-12,26H,6-7,13H2,1H3,(H2,23,25). The van der Waals surface area contributed by atoms with E-state index in [0.717, 1.165) is 45.8 Å². The van der Waals surface area contributed by atoms with E-state index in [-0.39, 0.29) is 6.61 Å². The van der Waals surface area contributed by atoms with E-state index in [9.17, 15) is 5.11 Å². The molecule has 26 heavy (non-hydrogen) atoms. The van der Waals surface area contributed by atoms with Crippen molar-refractivity contribution >= 4 is 27.6 Å². The smallest absolute Gasteiger partial charge is 0.150 e. The number of fused-ring (bicyclic) bond motifs is 3. The summed E-state index contributed by atoms with van der Waals surface area (Å²) in [6.07, 6.45) is 3.57. The number of benzene rings is 2. The lowest BCUT2D eigenvalue weighted by molar-refractivity contribution is 0.281. The number of aryl methyl sites for hydroxylation is 3. The Balaban J connectivity index is 1.80. The summed E-state index contributed by atoms with van der Waals surface area (Å²) in [5.74, 6) is 0.474. The summed E-state index contributed by atoms with van der Waals surface area (Å²) in [5.41, 5.74) is 12.4. The highest BCUT2D eigenvalue weighted by atomic mass is 16.3. The molecule has 0 aliphatic heterocycles. The van der Waals surface area contributed by atoms with Crippen LogP contribution in [0, 0.1) is 6.92 Å². The van der Waals surface area contributed by atoms with Gasteiger partial charge in [0.2, 0.25) is 0 Å². The number of anilines is 1. The third-order valence-corrected chi connectivity index (χ3v) is 4.80. The molecule has 0 amide bonds. The van der Waals surface area contributed by atoms with Crippen LogP contribution in [0.15, 0.2) is 54.7 Å². The van der Waals surface area contributed by atoms with E-state index in [1.54, 1.807) is 6.20 Å². The Labute approximate surface area is 152 Å². The van der Waals surface area contributed by atoms with Crippen molar-refractivity contribution in [1.82, 2.24) is 9.97 Å². The summed E-state index contributed by atoms with van der Waals surface area (Å²) in [6, 6.07) is 16.4. The van der Waals surface area contributed by atoms with Gasteiger partial charge in [-0.2, -0.15) is 0 Å². The Hall–Kier alpha value is -2.98. The van der Waals surface area contributed by atoms with Crippen molar-refractivity contribution in [2.45, 2.75) is 26.4 Å². The maximum absolute atomic E-state index is 9.33. The van der Waals surface area contributed by atoms with E-state index in [0.29, 0.717) is 5.82 Å². The Kier molecular flexibility index (Phi) is 4.27. The van der Waals surface area contributed by atoms with Gasteiger partial charge in [-0.3, -0.25) is 4.98 Å². The number of pyridine rings is 2. The van der Waals surface area contributed by atoms with Gasteiger partial charge < -0.3 is 10.8 Å². The van der Waals surface area contributed by atoms with Crippen LogP contribution in [-0.2, 0) is 19.4 Å². The van der Waals surface area contributed by atoms with Crippen LogP contribution in [0.4, 0.5) is 5.82 Å². The number of aliphatic hydroxyl groups is 1. The monoisotopic (exact) mass is 343 g/mol. The van der Waals surface area contributed by atoms with E-state index in [1.165, 1.54) is 11.1 Å². The van der Waals surface area contributed by atoms with E-state index in [2.05, 4.69) is 53.3 Å². The fourth-order valence-electron chi connectivity index (χ4n) is 3.50. The quantitative estimate of drug-likeness (QED) is 0.550. The van der Waals surface area contributed by atoms with Gasteiger partial charge in [-0.05, 0) is 54.2 Å². The number of rotatable bonds is 4. The van der Waals surface area contributed by atoms with Crippen LogP contribution in [0.5, 0.6) is 0 Å². The zero-order valence-corrected chi connectivity index (χ0v) is 14.7. The fourth-order valence-corrected chi connectivity index (χ4v) is 3.50. The summed E-state index contributed by atoms with van der Waals surface area (Å²) < 4.78 is 0. The first kappa shape index (κ1) is 16.5. The first-order valence-electron chi connectivity index (χ1n) is 8.78. The predicted molar refractivity (Wildman–Crippen MR) is 106 cm³/mol. The summed E-state index contributed by atoms with van der Waals surface area (Å²) in [5, 5.41) is 11.5. The molecule has 4 aromatic rings. The molecule has 4 nitrogen and oxygen atoms in total. The zero-order chi connectivity index (χ0) is 18.1. The fraction of sp³-hybridized carbons (Fsp3) is 0.182.